The van der Waals surface area contributed by atoms with E-state index in [0.29, 0.717) is 24.8 Å². The topological polar surface area (TPSA) is 136 Å². The first-order chi connectivity index (χ1) is 20.3. The van der Waals surface area contributed by atoms with Crippen molar-refractivity contribution in [1.82, 2.24) is 20.5 Å². The summed E-state index contributed by atoms with van der Waals surface area (Å²) in [6.45, 7) is 2.91. The molecule has 0 radical (unpaired) electrons. The van der Waals surface area contributed by atoms with Crippen LogP contribution in [0.15, 0.2) is 42.6 Å². The Labute approximate surface area is 245 Å². The fourth-order valence-electron chi connectivity index (χ4n) is 5.55. The molecule has 1 aliphatic carbocycles. The fourth-order valence-corrected chi connectivity index (χ4v) is 5.55. The predicted octanol–water partition coefficient (Wildman–Crippen LogP) is 2.51. The van der Waals surface area contributed by atoms with Crippen LogP contribution in [0.2, 0.25) is 0 Å². The number of cyclic esters (lactones) is 1. The summed E-state index contributed by atoms with van der Waals surface area (Å²) in [7, 11) is 1.47. The highest BCUT2D eigenvalue weighted by atomic mass is 16.5. The average Bonchev–Trinajstić information content (AvgIpc) is 3.75. The number of benzene rings is 1. The van der Waals surface area contributed by atoms with Gasteiger partial charge in [-0.2, -0.15) is 0 Å². The highest BCUT2D eigenvalue weighted by Crippen LogP contribution is 2.40. The standard InChI is InChI=1S/C31H38N4O7/c1-19(33-27(36)18-40-2)29(22-9-7-21(8-10-22)20-5-6-20)42-25-11-12-26(32-15-25)30(38)34-24-4-3-13-35(16-24)31(39)23-14-28(37)41-17-23/h7-12,15,19-20,23-24,29H,3-6,13-14,16-18H2,1-2H3,(H,33,36)(H,34,38)/t19?,23-,24+,29?/m1/s1. The van der Waals surface area contributed by atoms with Crippen LogP contribution >= 0.6 is 0 Å². The summed E-state index contributed by atoms with van der Waals surface area (Å²) in [4.78, 5) is 55.4. The van der Waals surface area contributed by atoms with Gasteiger partial charge in [0.05, 0.1) is 24.6 Å². The zero-order valence-electron chi connectivity index (χ0n) is 24.0. The molecule has 2 aromatic rings. The molecule has 42 heavy (non-hydrogen) atoms. The highest BCUT2D eigenvalue weighted by Gasteiger charge is 2.35. The summed E-state index contributed by atoms with van der Waals surface area (Å²) in [6, 6.07) is 11.0. The van der Waals surface area contributed by atoms with Crippen LogP contribution in [0.4, 0.5) is 0 Å². The van der Waals surface area contributed by atoms with E-state index >= 15 is 0 Å². The minimum absolute atomic E-state index is 0.0510. The van der Waals surface area contributed by atoms with Crippen LogP contribution in [-0.4, -0.2) is 79.1 Å². The molecule has 2 N–H and O–H groups in total. The van der Waals surface area contributed by atoms with E-state index in [1.54, 1.807) is 17.0 Å². The molecule has 2 saturated heterocycles. The van der Waals surface area contributed by atoms with Crippen molar-refractivity contribution in [1.29, 1.82) is 0 Å². The summed E-state index contributed by atoms with van der Waals surface area (Å²) < 4.78 is 16.2. The first kappa shape index (κ1) is 29.5. The number of carbonyl (C=O) groups excluding carboxylic acids is 4. The second-order valence-electron chi connectivity index (χ2n) is 11.3. The molecule has 3 fully saturated rings. The molecule has 1 aromatic carbocycles. The third-order valence-corrected chi connectivity index (χ3v) is 7.94. The molecule has 224 valence electrons. The van der Waals surface area contributed by atoms with Crippen molar-refractivity contribution in [2.75, 3.05) is 33.4 Å². The van der Waals surface area contributed by atoms with Crippen molar-refractivity contribution >= 4 is 23.7 Å². The van der Waals surface area contributed by atoms with Gasteiger partial charge in [-0.15, -0.1) is 0 Å². The van der Waals surface area contributed by atoms with Crippen LogP contribution in [0.25, 0.3) is 0 Å². The fraction of sp³-hybridized carbons (Fsp3) is 0.516. The average molecular weight is 579 g/mol. The van der Waals surface area contributed by atoms with Gasteiger partial charge in [-0.25, -0.2) is 4.98 Å². The van der Waals surface area contributed by atoms with Gasteiger partial charge in [-0.3, -0.25) is 19.2 Å². The van der Waals surface area contributed by atoms with Gasteiger partial charge >= 0.3 is 5.97 Å². The Bertz CT molecular complexity index is 1280. The second-order valence-corrected chi connectivity index (χ2v) is 11.3. The summed E-state index contributed by atoms with van der Waals surface area (Å²) >= 11 is 0. The van der Waals surface area contributed by atoms with E-state index in [2.05, 4.69) is 27.8 Å². The summed E-state index contributed by atoms with van der Waals surface area (Å²) in [5.41, 5.74) is 2.45. The van der Waals surface area contributed by atoms with E-state index in [0.717, 1.165) is 18.4 Å². The third kappa shape index (κ3) is 7.44. The molecule has 0 bridgehead atoms. The van der Waals surface area contributed by atoms with Gasteiger partial charge in [-0.1, -0.05) is 24.3 Å². The Kier molecular flexibility index (Phi) is 9.36. The van der Waals surface area contributed by atoms with Crippen molar-refractivity contribution in [3.8, 4) is 5.75 Å². The number of rotatable bonds is 11. The number of likely N-dealkylation sites (tertiary alicyclic amines) is 1. The number of amides is 3. The number of ether oxygens (including phenoxy) is 3. The number of nitrogens with zero attached hydrogens (tertiary/aromatic N) is 2. The van der Waals surface area contributed by atoms with Gasteiger partial charge in [0.1, 0.15) is 30.8 Å². The summed E-state index contributed by atoms with van der Waals surface area (Å²) in [5.74, 6) is -0.403. The largest absolute Gasteiger partial charge is 0.482 e. The molecular weight excluding hydrogens is 540 g/mol. The number of piperidine rings is 1. The van der Waals surface area contributed by atoms with Gasteiger partial charge < -0.3 is 29.7 Å². The van der Waals surface area contributed by atoms with E-state index < -0.39 is 12.0 Å². The number of carbonyl (C=O) groups is 4. The summed E-state index contributed by atoms with van der Waals surface area (Å²) in [5, 5.41) is 5.91. The predicted molar refractivity (Wildman–Crippen MR) is 152 cm³/mol. The second kappa shape index (κ2) is 13.3. The minimum atomic E-state index is -0.494. The van der Waals surface area contributed by atoms with Gasteiger partial charge in [0, 0.05) is 26.2 Å². The van der Waals surface area contributed by atoms with Crippen molar-refractivity contribution in [2.24, 2.45) is 5.92 Å². The lowest BCUT2D eigenvalue weighted by atomic mass is 10.00. The molecule has 0 spiro atoms. The molecule has 2 aliphatic heterocycles. The molecule has 4 atom stereocenters. The van der Waals surface area contributed by atoms with Crippen molar-refractivity contribution < 1.29 is 33.4 Å². The van der Waals surface area contributed by atoms with Gasteiger partial charge in [0.15, 0.2) is 0 Å². The third-order valence-electron chi connectivity index (χ3n) is 7.94. The number of aromatic nitrogens is 1. The van der Waals surface area contributed by atoms with Crippen molar-refractivity contribution in [3.63, 3.8) is 0 Å². The first-order valence-corrected chi connectivity index (χ1v) is 14.6. The molecule has 3 heterocycles. The van der Waals surface area contributed by atoms with Gasteiger partial charge in [-0.05, 0) is 61.8 Å². The monoisotopic (exact) mass is 578 g/mol. The maximum atomic E-state index is 13.0. The zero-order chi connectivity index (χ0) is 29.6. The lowest BCUT2D eigenvalue weighted by molar-refractivity contribution is -0.138. The number of esters is 1. The Morgan fingerprint density at radius 3 is 2.55 bits per heavy atom. The molecule has 3 amide bonds. The maximum absolute atomic E-state index is 13.0. The number of methoxy groups -OCH3 is 1. The highest BCUT2D eigenvalue weighted by molar-refractivity contribution is 5.92. The molecule has 3 aliphatic rings. The van der Waals surface area contributed by atoms with Crippen LogP contribution < -0.4 is 15.4 Å². The quantitative estimate of drug-likeness (QED) is 0.388. The molecule has 11 nitrogen and oxygen atoms in total. The number of pyridine rings is 1. The van der Waals surface area contributed by atoms with Crippen LogP contribution in [0.1, 0.15) is 72.7 Å². The minimum Gasteiger partial charge on any atom is -0.482 e. The Balaban J connectivity index is 1.20. The number of hydrogen-bond acceptors (Lipinski definition) is 8. The Morgan fingerprint density at radius 1 is 1.12 bits per heavy atom. The van der Waals surface area contributed by atoms with Gasteiger partial charge in [0.25, 0.3) is 5.91 Å². The van der Waals surface area contributed by atoms with Crippen LogP contribution in [0.5, 0.6) is 5.75 Å². The molecule has 1 saturated carbocycles. The van der Waals surface area contributed by atoms with E-state index in [9.17, 15) is 19.2 Å². The van der Waals surface area contributed by atoms with E-state index in [1.165, 1.54) is 31.7 Å². The maximum Gasteiger partial charge on any atom is 0.306 e. The number of nitrogens with one attached hydrogen (secondary N) is 2. The van der Waals surface area contributed by atoms with Crippen LogP contribution in [-0.2, 0) is 23.9 Å². The molecular formula is C31H38N4O7. The Hall–Kier alpha value is -3.99. The molecule has 2 unspecified atom stereocenters. The summed E-state index contributed by atoms with van der Waals surface area (Å²) in [6.07, 6.45) is 5.03. The SMILES string of the molecule is COCC(=O)NC(C)C(Oc1ccc(C(=O)N[C@H]2CCCN(C(=O)[C@H]3COC(=O)C3)C2)nc1)c1ccc(C2CC2)cc1. The Morgan fingerprint density at radius 2 is 1.90 bits per heavy atom. The van der Waals surface area contributed by atoms with E-state index in [-0.39, 0.29) is 61.1 Å². The lowest BCUT2D eigenvalue weighted by Crippen LogP contribution is -2.51. The molecule has 5 rings (SSSR count). The first-order valence-electron chi connectivity index (χ1n) is 14.6. The van der Waals surface area contributed by atoms with Gasteiger partial charge in [0.2, 0.25) is 11.8 Å². The normalized spacial score (nSPS) is 21.7. The van der Waals surface area contributed by atoms with E-state index in [1.807, 2.05) is 19.1 Å². The van der Waals surface area contributed by atoms with E-state index in [4.69, 9.17) is 14.2 Å². The van der Waals surface area contributed by atoms with Crippen molar-refractivity contribution in [2.45, 2.75) is 63.1 Å². The molecule has 11 heteroatoms. The smallest absolute Gasteiger partial charge is 0.306 e. The lowest BCUT2D eigenvalue weighted by Gasteiger charge is -2.34. The van der Waals surface area contributed by atoms with Crippen LogP contribution in [0, 0.1) is 5.92 Å². The molecule has 1 aromatic heterocycles. The van der Waals surface area contributed by atoms with Crippen LogP contribution in [0.3, 0.4) is 0 Å². The number of hydrogen-bond donors (Lipinski definition) is 2. The zero-order valence-corrected chi connectivity index (χ0v) is 24.0. The van der Waals surface area contributed by atoms with Crippen molar-refractivity contribution in [3.05, 3.63) is 59.4 Å².